The average molecular weight is 297 g/mol. The van der Waals surface area contributed by atoms with Gasteiger partial charge in [0.15, 0.2) is 5.79 Å². The summed E-state index contributed by atoms with van der Waals surface area (Å²) in [5.41, 5.74) is 0. The van der Waals surface area contributed by atoms with Gasteiger partial charge >= 0.3 is 0 Å². The predicted molar refractivity (Wildman–Crippen MR) is 79.0 cm³/mol. The smallest absolute Gasteiger partial charge is 0.222 e. The number of amides is 1. The first kappa shape index (κ1) is 15.2. The molecule has 0 unspecified atom stereocenters. The zero-order valence-corrected chi connectivity index (χ0v) is 12.8. The highest BCUT2D eigenvalue weighted by Crippen LogP contribution is 2.31. The third-order valence-electron chi connectivity index (χ3n) is 4.77. The van der Waals surface area contributed by atoms with Crippen molar-refractivity contribution in [3.05, 3.63) is 0 Å². The Hall–Kier alpha value is -0.690. The standard InChI is InChI=1S/C15H27N3O3/c19-14(18-10-5-16-6-11-18)2-1-7-17-8-3-15(4-9-17)20-12-13-21-15/h16H,1-13H2. The fourth-order valence-electron chi connectivity index (χ4n) is 3.43. The average Bonchev–Trinajstić information content (AvgIpc) is 2.98. The Morgan fingerprint density at radius 3 is 2.38 bits per heavy atom. The van der Waals surface area contributed by atoms with Gasteiger partial charge < -0.3 is 24.6 Å². The van der Waals surface area contributed by atoms with Crippen molar-refractivity contribution in [2.24, 2.45) is 0 Å². The number of ether oxygens (including phenoxy) is 2. The van der Waals surface area contributed by atoms with E-state index in [9.17, 15) is 4.79 Å². The van der Waals surface area contributed by atoms with Gasteiger partial charge in [-0.15, -0.1) is 0 Å². The van der Waals surface area contributed by atoms with Crippen LogP contribution in [0.15, 0.2) is 0 Å². The molecule has 3 heterocycles. The van der Waals surface area contributed by atoms with Crippen molar-refractivity contribution in [2.75, 3.05) is 59.0 Å². The summed E-state index contributed by atoms with van der Waals surface area (Å²) in [4.78, 5) is 16.5. The van der Waals surface area contributed by atoms with Crippen molar-refractivity contribution >= 4 is 5.91 Å². The van der Waals surface area contributed by atoms with Gasteiger partial charge in [-0.25, -0.2) is 0 Å². The maximum atomic E-state index is 12.1. The Morgan fingerprint density at radius 2 is 1.71 bits per heavy atom. The normalized spacial score (nSPS) is 26.4. The highest BCUT2D eigenvalue weighted by molar-refractivity contribution is 5.76. The van der Waals surface area contributed by atoms with E-state index in [1.54, 1.807) is 0 Å². The van der Waals surface area contributed by atoms with Gasteiger partial charge in [0.25, 0.3) is 0 Å². The second-order valence-corrected chi connectivity index (χ2v) is 6.18. The minimum atomic E-state index is -0.285. The summed E-state index contributed by atoms with van der Waals surface area (Å²) >= 11 is 0. The topological polar surface area (TPSA) is 54.0 Å². The van der Waals surface area contributed by atoms with E-state index in [2.05, 4.69) is 10.2 Å². The number of hydrogen-bond acceptors (Lipinski definition) is 5. The molecular weight excluding hydrogens is 270 g/mol. The van der Waals surface area contributed by atoms with Crippen LogP contribution >= 0.6 is 0 Å². The molecule has 1 N–H and O–H groups in total. The van der Waals surface area contributed by atoms with Gasteiger partial charge in [-0.2, -0.15) is 0 Å². The van der Waals surface area contributed by atoms with Crippen molar-refractivity contribution in [3.8, 4) is 0 Å². The lowest BCUT2D eigenvalue weighted by molar-refractivity contribution is -0.185. The van der Waals surface area contributed by atoms with Gasteiger partial charge in [-0.05, 0) is 13.0 Å². The SMILES string of the molecule is O=C(CCCN1CCC2(CC1)OCCO2)N1CCNCC1. The second kappa shape index (κ2) is 7.05. The molecule has 3 fully saturated rings. The molecule has 3 aliphatic rings. The van der Waals surface area contributed by atoms with Gasteiger partial charge in [-0.3, -0.25) is 4.79 Å². The number of nitrogens with one attached hydrogen (secondary N) is 1. The van der Waals surface area contributed by atoms with Crippen molar-refractivity contribution in [1.82, 2.24) is 15.1 Å². The lowest BCUT2D eigenvalue weighted by atomic mass is 10.0. The molecule has 0 radical (unpaired) electrons. The molecule has 3 aliphatic heterocycles. The lowest BCUT2D eigenvalue weighted by Crippen LogP contribution is -2.47. The van der Waals surface area contributed by atoms with Crippen LogP contribution in [0.3, 0.4) is 0 Å². The molecule has 1 spiro atoms. The molecule has 3 rings (SSSR count). The largest absolute Gasteiger partial charge is 0.347 e. The molecule has 1 amide bonds. The molecule has 0 aromatic carbocycles. The van der Waals surface area contributed by atoms with Crippen LogP contribution in [0.1, 0.15) is 25.7 Å². The molecule has 6 nitrogen and oxygen atoms in total. The fourth-order valence-corrected chi connectivity index (χ4v) is 3.43. The van der Waals surface area contributed by atoms with Crippen LogP contribution in [-0.2, 0) is 14.3 Å². The highest BCUT2D eigenvalue weighted by Gasteiger charge is 2.39. The summed E-state index contributed by atoms with van der Waals surface area (Å²) < 4.78 is 11.5. The Morgan fingerprint density at radius 1 is 1.05 bits per heavy atom. The quantitative estimate of drug-likeness (QED) is 0.794. The number of piperazine rings is 1. The maximum absolute atomic E-state index is 12.1. The van der Waals surface area contributed by atoms with Crippen molar-refractivity contribution in [3.63, 3.8) is 0 Å². The van der Waals surface area contributed by atoms with E-state index >= 15 is 0 Å². The second-order valence-electron chi connectivity index (χ2n) is 6.18. The molecule has 0 atom stereocenters. The van der Waals surface area contributed by atoms with Crippen molar-refractivity contribution in [2.45, 2.75) is 31.5 Å². The predicted octanol–water partition coefficient (Wildman–Crippen LogP) is 0.0373. The maximum Gasteiger partial charge on any atom is 0.222 e. The first-order chi connectivity index (χ1) is 10.3. The molecule has 120 valence electrons. The molecule has 0 aliphatic carbocycles. The number of hydrogen-bond donors (Lipinski definition) is 1. The molecule has 21 heavy (non-hydrogen) atoms. The van der Waals surface area contributed by atoms with E-state index in [-0.39, 0.29) is 5.79 Å². The molecule has 3 saturated heterocycles. The number of nitrogens with zero attached hydrogens (tertiary/aromatic N) is 2. The zero-order valence-electron chi connectivity index (χ0n) is 12.8. The first-order valence-corrected chi connectivity index (χ1v) is 8.26. The van der Waals surface area contributed by atoms with E-state index in [0.29, 0.717) is 12.3 Å². The fraction of sp³-hybridized carbons (Fsp3) is 0.933. The van der Waals surface area contributed by atoms with Gasteiger partial charge in [0.2, 0.25) is 5.91 Å². The molecule has 0 saturated carbocycles. The van der Waals surface area contributed by atoms with Crippen LogP contribution in [-0.4, -0.2) is 80.5 Å². The number of carbonyl (C=O) groups excluding carboxylic acids is 1. The summed E-state index contributed by atoms with van der Waals surface area (Å²) in [6.45, 7) is 8.09. The van der Waals surface area contributed by atoms with E-state index in [1.165, 1.54) is 0 Å². The Kier molecular flexibility index (Phi) is 5.11. The van der Waals surface area contributed by atoms with Crippen LogP contribution in [0.2, 0.25) is 0 Å². The highest BCUT2D eigenvalue weighted by atomic mass is 16.7. The third kappa shape index (κ3) is 3.94. The summed E-state index contributed by atoms with van der Waals surface area (Å²) in [6, 6.07) is 0. The van der Waals surface area contributed by atoms with Crippen LogP contribution in [0.25, 0.3) is 0 Å². The summed E-state index contributed by atoms with van der Waals surface area (Å²) in [7, 11) is 0. The minimum absolute atomic E-state index is 0.285. The van der Waals surface area contributed by atoms with Gasteiger partial charge in [0.05, 0.1) is 13.2 Å². The van der Waals surface area contributed by atoms with Crippen LogP contribution in [0.5, 0.6) is 0 Å². The van der Waals surface area contributed by atoms with Crippen LogP contribution in [0, 0.1) is 0 Å². The van der Waals surface area contributed by atoms with Crippen molar-refractivity contribution in [1.29, 1.82) is 0 Å². The molecule has 6 heteroatoms. The number of carbonyl (C=O) groups is 1. The summed E-state index contributed by atoms with van der Waals surface area (Å²) in [6.07, 6.45) is 3.55. The van der Waals surface area contributed by atoms with Gasteiger partial charge in [-0.1, -0.05) is 0 Å². The molecule has 0 aromatic heterocycles. The Bertz CT molecular complexity index is 342. The van der Waals surface area contributed by atoms with Crippen LogP contribution in [0.4, 0.5) is 0 Å². The Labute approximate surface area is 126 Å². The third-order valence-corrected chi connectivity index (χ3v) is 4.77. The minimum Gasteiger partial charge on any atom is -0.347 e. The van der Waals surface area contributed by atoms with Gasteiger partial charge in [0.1, 0.15) is 0 Å². The van der Waals surface area contributed by atoms with E-state index in [4.69, 9.17) is 9.47 Å². The van der Waals surface area contributed by atoms with E-state index in [1.807, 2.05) is 4.90 Å². The zero-order chi connectivity index (χ0) is 14.5. The summed E-state index contributed by atoms with van der Waals surface area (Å²) in [5.74, 6) is 0.0278. The van der Waals surface area contributed by atoms with Crippen molar-refractivity contribution < 1.29 is 14.3 Å². The van der Waals surface area contributed by atoms with Gasteiger partial charge in [0, 0.05) is 58.5 Å². The van der Waals surface area contributed by atoms with E-state index in [0.717, 1.165) is 78.3 Å². The molecule has 0 bridgehead atoms. The van der Waals surface area contributed by atoms with Crippen LogP contribution < -0.4 is 5.32 Å². The number of rotatable bonds is 4. The Balaban J connectivity index is 1.32. The monoisotopic (exact) mass is 297 g/mol. The lowest BCUT2D eigenvalue weighted by Gasteiger charge is -2.37. The molecular formula is C15H27N3O3. The van der Waals surface area contributed by atoms with E-state index < -0.39 is 0 Å². The number of likely N-dealkylation sites (tertiary alicyclic amines) is 1. The number of piperidine rings is 1. The first-order valence-electron chi connectivity index (χ1n) is 8.26. The molecule has 0 aromatic rings. The summed E-state index contributed by atoms with van der Waals surface area (Å²) in [5, 5.41) is 3.28.